The largest absolute Gasteiger partial charge is 0.368 e. The van der Waals surface area contributed by atoms with Gasteiger partial charge in [0.25, 0.3) is 0 Å². The van der Waals surface area contributed by atoms with Gasteiger partial charge in [0.1, 0.15) is 6.04 Å². The number of nitrogens with two attached hydrogens (primary N) is 1. The summed E-state index contributed by atoms with van der Waals surface area (Å²) in [6.07, 6.45) is 2.83. The van der Waals surface area contributed by atoms with Gasteiger partial charge in [0, 0.05) is 26.3 Å². The van der Waals surface area contributed by atoms with Crippen molar-refractivity contribution in [3.63, 3.8) is 0 Å². The van der Waals surface area contributed by atoms with Crippen molar-refractivity contribution in [2.75, 3.05) is 12.3 Å². The Balaban J connectivity index is 2.19. The number of carbonyl (C=O) groups excluding carboxylic acids is 4. The number of hydrogen-bond donors (Lipinski definition) is 3. The fourth-order valence-electron chi connectivity index (χ4n) is 2.37. The molecule has 0 aliphatic rings. The first-order valence-corrected chi connectivity index (χ1v) is 9.89. The van der Waals surface area contributed by atoms with E-state index in [0.29, 0.717) is 25.8 Å². The lowest BCUT2D eigenvalue weighted by Gasteiger charge is -2.15. The van der Waals surface area contributed by atoms with E-state index in [-0.39, 0.29) is 22.7 Å². The van der Waals surface area contributed by atoms with Gasteiger partial charge in [-0.3, -0.25) is 19.2 Å². The zero-order chi connectivity index (χ0) is 20.1. The van der Waals surface area contributed by atoms with E-state index in [4.69, 9.17) is 5.73 Å². The molecular formula is C19H27N3O4S. The highest BCUT2D eigenvalue weighted by Crippen LogP contribution is 2.05. The average Bonchev–Trinajstić information content (AvgIpc) is 2.63. The van der Waals surface area contributed by atoms with Crippen LogP contribution in [0.15, 0.2) is 30.3 Å². The number of thioether (sulfide) groups is 1. The minimum atomic E-state index is -0.724. The van der Waals surface area contributed by atoms with E-state index in [9.17, 15) is 19.2 Å². The lowest BCUT2D eigenvalue weighted by molar-refractivity contribution is -0.127. The summed E-state index contributed by atoms with van der Waals surface area (Å²) in [7, 11) is 0. The molecule has 0 radical (unpaired) electrons. The van der Waals surface area contributed by atoms with Gasteiger partial charge in [0.15, 0.2) is 5.12 Å². The standard InChI is InChI=1S/C19H27N3O4S/c1-14(23)27-13-18(25)21-11-7-3-6-10-17(24)22-16(19(20)26)12-15-8-4-2-5-9-15/h2,4-5,8-9,16H,3,6-7,10-13H2,1H3,(H2,20,26)(H,21,25)(H,22,24)/t16-/m0/s1. The van der Waals surface area contributed by atoms with Gasteiger partial charge >= 0.3 is 0 Å². The molecule has 0 aromatic heterocycles. The number of unbranched alkanes of at least 4 members (excludes halogenated alkanes) is 2. The van der Waals surface area contributed by atoms with Crippen LogP contribution < -0.4 is 16.4 Å². The van der Waals surface area contributed by atoms with E-state index in [1.54, 1.807) is 0 Å². The lowest BCUT2D eigenvalue weighted by Crippen LogP contribution is -2.45. The number of primary amides is 1. The summed E-state index contributed by atoms with van der Waals surface area (Å²) in [5.41, 5.74) is 6.31. The van der Waals surface area contributed by atoms with Crippen LogP contribution in [0.25, 0.3) is 0 Å². The van der Waals surface area contributed by atoms with E-state index >= 15 is 0 Å². The SMILES string of the molecule is CC(=O)SCC(=O)NCCCCCC(=O)N[C@@H](Cc1ccccc1)C(N)=O. The lowest BCUT2D eigenvalue weighted by atomic mass is 10.1. The maximum absolute atomic E-state index is 12.0. The number of rotatable bonds is 12. The summed E-state index contributed by atoms with van der Waals surface area (Å²) in [4.78, 5) is 45.8. The van der Waals surface area contributed by atoms with Crippen LogP contribution in [0.5, 0.6) is 0 Å². The van der Waals surface area contributed by atoms with Crippen LogP contribution >= 0.6 is 11.8 Å². The fraction of sp³-hybridized carbons (Fsp3) is 0.474. The summed E-state index contributed by atoms with van der Waals surface area (Å²) in [5.74, 6) is -0.804. The van der Waals surface area contributed by atoms with E-state index in [1.165, 1.54) is 6.92 Å². The third kappa shape index (κ3) is 11.1. The third-order valence-electron chi connectivity index (χ3n) is 3.77. The maximum Gasteiger partial charge on any atom is 0.240 e. The van der Waals surface area contributed by atoms with Gasteiger partial charge in [-0.15, -0.1) is 0 Å². The van der Waals surface area contributed by atoms with Gasteiger partial charge in [0.2, 0.25) is 17.7 Å². The van der Waals surface area contributed by atoms with Gasteiger partial charge in [-0.1, -0.05) is 48.5 Å². The van der Waals surface area contributed by atoms with Crippen molar-refractivity contribution in [2.24, 2.45) is 5.73 Å². The van der Waals surface area contributed by atoms with Crippen molar-refractivity contribution in [3.8, 4) is 0 Å². The predicted octanol–water partition coefficient (Wildman–Crippen LogP) is 1.16. The Morgan fingerprint density at radius 1 is 1.04 bits per heavy atom. The van der Waals surface area contributed by atoms with Crippen LogP contribution in [0, 0.1) is 0 Å². The van der Waals surface area contributed by atoms with Gasteiger partial charge in [-0.25, -0.2) is 0 Å². The minimum absolute atomic E-state index is 0.0855. The predicted molar refractivity (Wildman–Crippen MR) is 106 cm³/mol. The Hall–Kier alpha value is -2.35. The number of nitrogens with one attached hydrogen (secondary N) is 2. The molecule has 0 aliphatic heterocycles. The molecule has 0 heterocycles. The molecule has 0 fully saturated rings. The first-order valence-electron chi connectivity index (χ1n) is 8.91. The molecular weight excluding hydrogens is 366 g/mol. The summed E-state index contributed by atoms with van der Waals surface area (Å²) in [6.45, 7) is 1.93. The van der Waals surface area contributed by atoms with Gasteiger partial charge < -0.3 is 16.4 Å². The first-order chi connectivity index (χ1) is 12.9. The van der Waals surface area contributed by atoms with Crippen molar-refractivity contribution in [1.29, 1.82) is 0 Å². The van der Waals surface area contributed by atoms with Crippen LogP contribution in [0.1, 0.15) is 38.2 Å². The number of hydrogen-bond acceptors (Lipinski definition) is 5. The Morgan fingerprint density at radius 3 is 2.37 bits per heavy atom. The summed E-state index contributed by atoms with van der Waals surface area (Å²) in [5, 5.41) is 5.32. The second-order valence-corrected chi connectivity index (χ2v) is 7.31. The molecule has 0 saturated carbocycles. The smallest absolute Gasteiger partial charge is 0.240 e. The summed E-state index contributed by atoms with van der Waals surface area (Å²) >= 11 is 0.978. The Labute approximate surface area is 163 Å². The molecule has 7 nitrogen and oxygen atoms in total. The van der Waals surface area contributed by atoms with Gasteiger partial charge in [-0.05, 0) is 18.4 Å². The topological polar surface area (TPSA) is 118 Å². The van der Waals surface area contributed by atoms with Crippen LogP contribution in [0.4, 0.5) is 0 Å². The van der Waals surface area contributed by atoms with Crippen LogP contribution in [-0.4, -0.2) is 41.2 Å². The van der Waals surface area contributed by atoms with Crippen molar-refractivity contribution >= 4 is 34.6 Å². The Bertz CT molecular complexity index is 637. The molecule has 3 amide bonds. The highest BCUT2D eigenvalue weighted by atomic mass is 32.2. The molecule has 0 bridgehead atoms. The van der Waals surface area contributed by atoms with E-state index in [0.717, 1.165) is 30.2 Å². The Morgan fingerprint density at radius 2 is 1.74 bits per heavy atom. The summed E-state index contributed by atoms with van der Waals surface area (Å²) in [6, 6.07) is 8.65. The van der Waals surface area contributed by atoms with Crippen LogP contribution in [0.3, 0.4) is 0 Å². The van der Waals surface area contributed by atoms with Crippen molar-refractivity contribution in [2.45, 2.75) is 45.1 Å². The molecule has 1 rings (SSSR count). The molecule has 4 N–H and O–H groups in total. The van der Waals surface area contributed by atoms with E-state index < -0.39 is 11.9 Å². The molecule has 8 heteroatoms. The minimum Gasteiger partial charge on any atom is -0.368 e. The number of benzene rings is 1. The molecule has 0 aliphatic carbocycles. The molecule has 27 heavy (non-hydrogen) atoms. The Kier molecular flexibility index (Phi) is 10.9. The van der Waals surface area contributed by atoms with Gasteiger partial charge in [-0.2, -0.15) is 0 Å². The van der Waals surface area contributed by atoms with E-state index in [2.05, 4.69) is 10.6 Å². The monoisotopic (exact) mass is 393 g/mol. The number of amides is 3. The highest BCUT2D eigenvalue weighted by molar-refractivity contribution is 8.14. The normalized spacial score (nSPS) is 11.4. The highest BCUT2D eigenvalue weighted by Gasteiger charge is 2.18. The molecule has 0 spiro atoms. The molecule has 1 atom stereocenters. The van der Waals surface area contributed by atoms with E-state index in [1.807, 2.05) is 30.3 Å². The number of carbonyl (C=O) groups is 4. The van der Waals surface area contributed by atoms with Gasteiger partial charge in [0.05, 0.1) is 5.75 Å². The first kappa shape index (κ1) is 22.7. The summed E-state index contributed by atoms with van der Waals surface area (Å²) < 4.78 is 0. The quantitative estimate of drug-likeness (QED) is 0.461. The molecule has 0 saturated heterocycles. The second-order valence-electron chi connectivity index (χ2n) is 6.15. The third-order valence-corrected chi connectivity index (χ3v) is 4.58. The maximum atomic E-state index is 12.0. The average molecular weight is 394 g/mol. The second kappa shape index (κ2) is 12.9. The van der Waals surface area contributed by atoms with Crippen LogP contribution in [0.2, 0.25) is 0 Å². The zero-order valence-corrected chi connectivity index (χ0v) is 16.3. The van der Waals surface area contributed by atoms with Crippen molar-refractivity contribution in [1.82, 2.24) is 10.6 Å². The fourth-order valence-corrected chi connectivity index (χ4v) is 2.81. The zero-order valence-electron chi connectivity index (χ0n) is 15.5. The van der Waals surface area contributed by atoms with Crippen molar-refractivity contribution in [3.05, 3.63) is 35.9 Å². The molecule has 148 valence electrons. The molecule has 1 aromatic carbocycles. The molecule has 1 aromatic rings. The van der Waals surface area contributed by atoms with Crippen LogP contribution in [-0.2, 0) is 25.6 Å². The molecule has 0 unspecified atom stereocenters. The van der Waals surface area contributed by atoms with Crippen molar-refractivity contribution < 1.29 is 19.2 Å².